The zero-order chi connectivity index (χ0) is 11.4. The van der Waals surface area contributed by atoms with Crippen molar-refractivity contribution in [1.29, 1.82) is 0 Å². The summed E-state index contributed by atoms with van der Waals surface area (Å²) in [5.41, 5.74) is 0. The van der Waals surface area contributed by atoms with Crippen LogP contribution in [0.5, 0.6) is 0 Å². The van der Waals surface area contributed by atoms with Crippen LogP contribution >= 0.6 is 0 Å². The molecule has 0 aromatic rings. The van der Waals surface area contributed by atoms with Gasteiger partial charge in [-0.25, -0.2) is 4.79 Å². The summed E-state index contributed by atoms with van der Waals surface area (Å²) in [6, 6.07) is -0.701. The minimum absolute atomic E-state index is 0.0951. The Morgan fingerprint density at radius 2 is 2.27 bits per heavy atom. The van der Waals surface area contributed by atoms with Crippen LogP contribution in [0.4, 0.5) is 4.79 Å². The number of hydrogen-bond donors (Lipinski definition) is 3. The minimum atomic E-state index is -0.941. The van der Waals surface area contributed by atoms with Crippen molar-refractivity contribution in [3.8, 4) is 0 Å². The van der Waals surface area contributed by atoms with E-state index in [1.54, 1.807) is 6.92 Å². The number of aliphatic hydroxyl groups is 1. The molecule has 6 heteroatoms. The van der Waals surface area contributed by atoms with Crippen LogP contribution in [0, 0.1) is 0 Å². The lowest BCUT2D eigenvalue weighted by Crippen LogP contribution is -2.43. The van der Waals surface area contributed by atoms with E-state index in [4.69, 9.17) is 5.11 Å². The molecule has 3 N–H and O–H groups in total. The number of amides is 2. The van der Waals surface area contributed by atoms with Gasteiger partial charge < -0.3 is 20.4 Å². The molecule has 6 nitrogen and oxygen atoms in total. The zero-order valence-corrected chi connectivity index (χ0v) is 8.64. The molecule has 1 aliphatic rings. The molecule has 0 bridgehead atoms. The number of hydrogen-bond acceptors (Lipinski definition) is 3. The Balaban J connectivity index is 2.32. The van der Waals surface area contributed by atoms with Gasteiger partial charge in [-0.1, -0.05) is 0 Å². The summed E-state index contributed by atoms with van der Waals surface area (Å²) in [4.78, 5) is 23.3. The molecule has 2 amide bonds. The van der Waals surface area contributed by atoms with Crippen LogP contribution < -0.4 is 5.32 Å². The second-order valence-electron chi connectivity index (χ2n) is 3.84. The van der Waals surface area contributed by atoms with Gasteiger partial charge in [0.1, 0.15) is 0 Å². The highest BCUT2D eigenvalue weighted by atomic mass is 16.4. The van der Waals surface area contributed by atoms with Crippen molar-refractivity contribution in [2.45, 2.75) is 31.9 Å². The van der Waals surface area contributed by atoms with Gasteiger partial charge in [0.15, 0.2) is 0 Å². The number of carboxylic acids is 1. The van der Waals surface area contributed by atoms with Gasteiger partial charge in [0.2, 0.25) is 0 Å². The van der Waals surface area contributed by atoms with Crippen LogP contribution in [-0.2, 0) is 4.79 Å². The lowest BCUT2D eigenvalue weighted by atomic mass is 10.2. The molecule has 2 atom stereocenters. The van der Waals surface area contributed by atoms with Gasteiger partial charge >= 0.3 is 12.0 Å². The Labute approximate surface area is 87.9 Å². The van der Waals surface area contributed by atoms with Crippen molar-refractivity contribution < 1.29 is 19.8 Å². The lowest BCUT2D eigenvalue weighted by Gasteiger charge is -2.19. The molecule has 15 heavy (non-hydrogen) atoms. The predicted octanol–water partition coefficient (Wildman–Crippen LogP) is -0.374. The monoisotopic (exact) mass is 216 g/mol. The van der Waals surface area contributed by atoms with E-state index in [1.807, 2.05) is 0 Å². The number of urea groups is 1. The molecule has 1 saturated heterocycles. The highest BCUT2D eigenvalue weighted by Crippen LogP contribution is 2.08. The highest BCUT2D eigenvalue weighted by Gasteiger charge is 2.25. The molecular weight excluding hydrogens is 200 g/mol. The van der Waals surface area contributed by atoms with Gasteiger partial charge in [-0.05, 0) is 13.3 Å². The van der Waals surface area contributed by atoms with Crippen molar-refractivity contribution in [3.63, 3.8) is 0 Å². The van der Waals surface area contributed by atoms with Crippen LogP contribution in [-0.4, -0.2) is 52.3 Å². The Morgan fingerprint density at radius 1 is 1.60 bits per heavy atom. The fourth-order valence-corrected chi connectivity index (χ4v) is 1.54. The number of nitrogens with one attached hydrogen (secondary N) is 1. The molecule has 1 aliphatic heterocycles. The van der Waals surface area contributed by atoms with Crippen molar-refractivity contribution in [1.82, 2.24) is 10.2 Å². The molecule has 0 spiro atoms. The topological polar surface area (TPSA) is 89.9 Å². The SMILES string of the molecule is CC(CC(=O)O)NC(=O)N1CCC(O)C1. The summed E-state index contributed by atoms with van der Waals surface area (Å²) in [6.07, 6.45) is 0.0357. The molecule has 0 aliphatic carbocycles. The van der Waals surface area contributed by atoms with Crippen LogP contribution in [0.25, 0.3) is 0 Å². The summed E-state index contributed by atoms with van der Waals surface area (Å²) in [7, 11) is 0. The number of carbonyl (C=O) groups is 2. The summed E-state index contributed by atoms with van der Waals surface area (Å²) in [5, 5.41) is 20.3. The molecule has 0 aromatic heterocycles. The largest absolute Gasteiger partial charge is 0.481 e. The molecule has 0 aromatic carbocycles. The smallest absolute Gasteiger partial charge is 0.317 e. The number of likely N-dealkylation sites (tertiary alicyclic amines) is 1. The van der Waals surface area contributed by atoms with Gasteiger partial charge in [-0.2, -0.15) is 0 Å². The maximum Gasteiger partial charge on any atom is 0.317 e. The fourth-order valence-electron chi connectivity index (χ4n) is 1.54. The minimum Gasteiger partial charge on any atom is -0.481 e. The van der Waals surface area contributed by atoms with Gasteiger partial charge in [-0.3, -0.25) is 4.79 Å². The molecular formula is C9H16N2O4. The summed E-state index contributed by atoms with van der Waals surface area (Å²) in [5.74, 6) is -0.941. The summed E-state index contributed by atoms with van der Waals surface area (Å²) >= 11 is 0. The molecule has 1 rings (SSSR count). The summed E-state index contributed by atoms with van der Waals surface area (Å²) < 4.78 is 0. The average Bonchev–Trinajstić information content (AvgIpc) is 2.49. The third-order valence-corrected chi connectivity index (χ3v) is 2.30. The number of carbonyl (C=O) groups excluding carboxylic acids is 1. The zero-order valence-electron chi connectivity index (χ0n) is 8.64. The summed E-state index contributed by atoms with van der Waals surface area (Å²) in [6.45, 7) is 2.48. The van der Waals surface area contributed by atoms with E-state index >= 15 is 0 Å². The Kier molecular flexibility index (Phi) is 3.90. The highest BCUT2D eigenvalue weighted by molar-refractivity contribution is 5.76. The maximum atomic E-state index is 11.5. The average molecular weight is 216 g/mol. The van der Waals surface area contributed by atoms with Gasteiger partial charge in [0, 0.05) is 19.1 Å². The molecule has 1 fully saturated rings. The predicted molar refractivity (Wildman–Crippen MR) is 52.4 cm³/mol. The number of nitrogens with zero attached hydrogens (tertiary/aromatic N) is 1. The first-order valence-corrected chi connectivity index (χ1v) is 4.94. The van der Waals surface area contributed by atoms with Gasteiger partial charge in [-0.15, -0.1) is 0 Å². The third kappa shape index (κ3) is 3.75. The van der Waals surface area contributed by atoms with E-state index in [9.17, 15) is 14.7 Å². The van der Waals surface area contributed by atoms with Crippen LogP contribution in [0.2, 0.25) is 0 Å². The normalized spacial score (nSPS) is 22.5. The van der Waals surface area contributed by atoms with Crippen LogP contribution in [0.1, 0.15) is 19.8 Å². The number of β-amino-alcohol motifs (C(OH)–C–C–N with tert-alkyl or cyclic N) is 1. The first kappa shape index (κ1) is 11.8. The number of aliphatic hydroxyl groups excluding tert-OH is 1. The second kappa shape index (κ2) is 4.97. The second-order valence-corrected chi connectivity index (χ2v) is 3.84. The number of carboxylic acid groups (broad SMARTS) is 1. The van der Waals surface area contributed by atoms with Gasteiger partial charge in [0.05, 0.1) is 12.5 Å². The first-order chi connectivity index (χ1) is 6.99. The Bertz CT molecular complexity index is 256. The molecule has 2 unspecified atom stereocenters. The lowest BCUT2D eigenvalue weighted by molar-refractivity contribution is -0.137. The Morgan fingerprint density at radius 3 is 2.73 bits per heavy atom. The van der Waals surface area contributed by atoms with Crippen molar-refractivity contribution in [3.05, 3.63) is 0 Å². The molecule has 1 heterocycles. The third-order valence-electron chi connectivity index (χ3n) is 2.30. The van der Waals surface area contributed by atoms with Crippen LogP contribution in [0.3, 0.4) is 0 Å². The van der Waals surface area contributed by atoms with Gasteiger partial charge in [0.25, 0.3) is 0 Å². The Hall–Kier alpha value is -1.30. The maximum absolute atomic E-state index is 11.5. The fraction of sp³-hybridized carbons (Fsp3) is 0.778. The van der Waals surface area contributed by atoms with E-state index < -0.39 is 18.1 Å². The standard InChI is InChI=1S/C9H16N2O4/c1-6(4-8(13)14)10-9(15)11-3-2-7(12)5-11/h6-7,12H,2-5H2,1H3,(H,10,15)(H,13,14). The van der Waals surface area contributed by atoms with E-state index in [-0.39, 0.29) is 12.5 Å². The number of rotatable bonds is 3. The number of aliphatic carboxylic acids is 1. The first-order valence-electron chi connectivity index (χ1n) is 4.94. The molecule has 86 valence electrons. The van der Waals surface area contributed by atoms with E-state index in [1.165, 1.54) is 4.90 Å². The quantitative estimate of drug-likeness (QED) is 0.600. The van der Waals surface area contributed by atoms with Crippen molar-refractivity contribution >= 4 is 12.0 Å². The van der Waals surface area contributed by atoms with E-state index in [0.29, 0.717) is 19.5 Å². The van der Waals surface area contributed by atoms with E-state index in [0.717, 1.165) is 0 Å². The van der Waals surface area contributed by atoms with E-state index in [2.05, 4.69) is 5.32 Å². The molecule has 0 saturated carbocycles. The van der Waals surface area contributed by atoms with Crippen molar-refractivity contribution in [2.75, 3.05) is 13.1 Å². The van der Waals surface area contributed by atoms with Crippen molar-refractivity contribution in [2.24, 2.45) is 0 Å². The van der Waals surface area contributed by atoms with Crippen LogP contribution in [0.15, 0.2) is 0 Å². The molecule has 0 radical (unpaired) electrons.